The number of carbonyl (C=O) groups excluding carboxylic acids is 1. The predicted molar refractivity (Wildman–Crippen MR) is 65.6 cm³/mol. The number of nitrogens with two attached hydrogens (primary N) is 1. The van der Waals surface area contributed by atoms with Crippen molar-refractivity contribution in [3.63, 3.8) is 0 Å². The van der Waals surface area contributed by atoms with Gasteiger partial charge < -0.3 is 10.2 Å². The van der Waals surface area contributed by atoms with Crippen LogP contribution >= 0.6 is 0 Å². The molecule has 1 heterocycles. The number of hydrogen-bond donors (Lipinski definition) is 3. The molecule has 1 atom stereocenters. The molecule has 0 saturated heterocycles. The van der Waals surface area contributed by atoms with Crippen LogP contribution in [0.15, 0.2) is 27.4 Å². The molecule has 1 aromatic heterocycles. The number of carbonyl (C=O) groups is 1. The van der Waals surface area contributed by atoms with E-state index in [2.05, 4.69) is 10.4 Å². The molecule has 0 aliphatic heterocycles. The Morgan fingerprint density at radius 3 is 2.89 bits per heavy atom. The highest BCUT2D eigenvalue weighted by Crippen LogP contribution is 2.17. The number of benzene rings is 1. The molecule has 96 valence electrons. The Morgan fingerprint density at radius 1 is 1.50 bits per heavy atom. The van der Waals surface area contributed by atoms with E-state index < -0.39 is 11.8 Å². The number of nitrogens with zero attached hydrogens (tertiary/aromatic N) is 1. The zero-order valence-electron chi connectivity index (χ0n) is 10.1. The highest BCUT2D eigenvalue weighted by atomic mass is 16.4. The number of rotatable bonds is 3. The molecule has 0 fully saturated rings. The number of hydrogen-bond acceptors (Lipinski definition) is 5. The van der Waals surface area contributed by atoms with Gasteiger partial charge in [0.25, 0.3) is 5.91 Å². The summed E-state index contributed by atoms with van der Waals surface area (Å²) in [5.41, 5.74) is 9.94. The first-order valence-electron chi connectivity index (χ1n) is 5.33. The number of nitrogens with one attached hydrogen (secondary N) is 2. The summed E-state index contributed by atoms with van der Waals surface area (Å²) in [5.74, 6) is -0.862. The Hall–Kier alpha value is -2.12. The van der Waals surface area contributed by atoms with Crippen LogP contribution in [-0.4, -0.2) is 30.0 Å². The molecule has 2 rings (SSSR count). The van der Waals surface area contributed by atoms with Crippen molar-refractivity contribution in [2.75, 3.05) is 14.1 Å². The van der Waals surface area contributed by atoms with Crippen molar-refractivity contribution in [1.29, 1.82) is 0 Å². The van der Waals surface area contributed by atoms with E-state index in [0.29, 0.717) is 16.7 Å². The summed E-state index contributed by atoms with van der Waals surface area (Å²) in [5, 5.41) is 1.51. The number of H-pyrrole nitrogens is 1. The number of aromatic amines is 1. The Morgan fingerprint density at radius 2 is 2.22 bits per heavy atom. The molecule has 1 aromatic carbocycles. The molecule has 0 bridgehead atoms. The summed E-state index contributed by atoms with van der Waals surface area (Å²) in [4.78, 5) is 25.2. The SMILES string of the molecule is CN(C)NC(=O)C(N)c1ccc2oc(=O)[nH]c2c1. The fraction of sp³-hybridized carbons (Fsp3) is 0.273. The summed E-state index contributed by atoms with van der Waals surface area (Å²) >= 11 is 0. The minimum Gasteiger partial charge on any atom is -0.408 e. The Bertz CT molecular complexity index is 628. The smallest absolute Gasteiger partial charge is 0.408 e. The molecule has 7 heteroatoms. The third kappa shape index (κ3) is 2.41. The molecular weight excluding hydrogens is 236 g/mol. The third-order valence-electron chi connectivity index (χ3n) is 2.42. The molecule has 0 aliphatic carbocycles. The molecule has 1 unspecified atom stereocenters. The zero-order chi connectivity index (χ0) is 13.3. The lowest BCUT2D eigenvalue weighted by Gasteiger charge is -2.16. The molecule has 7 nitrogen and oxygen atoms in total. The average molecular weight is 250 g/mol. The third-order valence-corrected chi connectivity index (χ3v) is 2.42. The van der Waals surface area contributed by atoms with E-state index in [0.717, 1.165) is 0 Å². The lowest BCUT2D eigenvalue weighted by molar-refractivity contribution is -0.126. The second-order valence-electron chi connectivity index (χ2n) is 4.12. The summed E-state index contributed by atoms with van der Waals surface area (Å²) < 4.78 is 4.87. The predicted octanol–water partition coefficient (Wildman–Crippen LogP) is -0.286. The van der Waals surface area contributed by atoms with Crippen molar-refractivity contribution in [2.45, 2.75) is 6.04 Å². The second kappa shape index (κ2) is 4.63. The van der Waals surface area contributed by atoms with Crippen LogP contribution in [0.25, 0.3) is 11.1 Å². The fourth-order valence-electron chi connectivity index (χ4n) is 1.60. The Balaban J connectivity index is 2.30. The average Bonchev–Trinajstić information content (AvgIpc) is 2.65. The second-order valence-corrected chi connectivity index (χ2v) is 4.12. The quantitative estimate of drug-likeness (QED) is 0.649. The maximum Gasteiger partial charge on any atom is 0.417 e. The molecule has 0 spiro atoms. The lowest BCUT2D eigenvalue weighted by Crippen LogP contribution is -2.41. The molecule has 1 amide bonds. The van der Waals surface area contributed by atoms with Crippen molar-refractivity contribution >= 4 is 17.0 Å². The molecule has 0 saturated carbocycles. The van der Waals surface area contributed by atoms with Gasteiger partial charge in [-0.25, -0.2) is 9.80 Å². The van der Waals surface area contributed by atoms with Gasteiger partial charge >= 0.3 is 5.76 Å². The highest BCUT2D eigenvalue weighted by molar-refractivity contribution is 5.84. The fourth-order valence-corrected chi connectivity index (χ4v) is 1.60. The zero-order valence-corrected chi connectivity index (χ0v) is 10.1. The summed E-state index contributed by atoms with van der Waals surface area (Å²) in [6.07, 6.45) is 0. The van der Waals surface area contributed by atoms with E-state index in [9.17, 15) is 9.59 Å². The van der Waals surface area contributed by atoms with Gasteiger partial charge in [-0.15, -0.1) is 0 Å². The first kappa shape index (κ1) is 12.3. The van der Waals surface area contributed by atoms with E-state index in [4.69, 9.17) is 10.2 Å². The van der Waals surface area contributed by atoms with Gasteiger partial charge in [-0.1, -0.05) is 6.07 Å². The highest BCUT2D eigenvalue weighted by Gasteiger charge is 2.17. The number of oxazole rings is 1. The topological polar surface area (TPSA) is 104 Å². The number of fused-ring (bicyclic) bond motifs is 1. The van der Waals surface area contributed by atoms with Crippen LogP contribution in [-0.2, 0) is 4.79 Å². The molecular formula is C11H14N4O3. The molecule has 18 heavy (non-hydrogen) atoms. The number of amides is 1. The van der Waals surface area contributed by atoms with Gasteiger partial charge in [-0.3, -0.25) is 15.2 Å². The van der Waals surface area contributed by atoms with Crippen LogP contribution in [0.5, 0.6) is 0 Å². The molecule has 0 aliphatic rings. The van der Waals surface area contributed by atoms with Gasteiger partial charge in [-0.2, -0.15) is 0 Å². The monoisotopic (exact) mass is 250 g/mol. The maximum absolute atomic E-state index is 11.7. The van der Waals surface area contributed by atoms with Crippen LogP contribution in [0.1, 0.15) is 11.6 Å². The van der Waals surface area contributed by atoms with Crippen molar-refractivity contribution in [2.24, 2.45) is 5.73 Å². The van der Waals surface area contributed by atoms with E-state index in [1.807, 2.05) is 0 Å². The van der Waals surface area contributed by atoms with Gasteiger partial charge in [0, 0.05) is 14.1 Å². The van der Waals surface area contributed by atoms with Crippen molar-refractivity contribution < 1.29 is 9.21 Å². The number of aromatic nitrogens is 1. The van der Waals surface area contributed by atoms with E-state index in [-0.39, 0.29) is 5.91 Å². The van der Waals surface area contributed by atoms with Crippen LogP contribution in [0.4, 0.5) is 0 Å². The first-order chi connectivity index (χ1) is 8.47. The van der Waals surface area contributed by atoms with E-state index in [1.54, 1.807) is 32.3 Å². The van der Waals surface area contributed by atoms with Gasteiger partial charge in [0.2, 0.25) is 0 Å². The van der Waals surface area contributed by atoms with Crippen molar-refractivity contribution in [3.05, 3.63) is 34.3 Å². The standard InChI is InChI=1S/C11H14N4O3/c1-15(2)14-10(16)9(12)6-3-4-8-7(5-6)13-11(17)18-8/h3-5,9H,12H2,1-2H3,(H,13,17)(H,14,16). The van der Waals surface area contributed by atoms with Gasteiger partial charge in [0.05, 0.1) is 5.52 Å². The molecule has 4 N–H and O–H groups in total. The summed E-state index contributed by atoms with van der Waals surface area (Å²) in [7, 11) is 3.39. The van der Waals surface area contributed by atoms with Gasteiger partial charge in [0.15, 0.2) is 5.58 Å². The Kier molecular flexibility index (Phi) is 3.17. The van der Waals surface area contributed by atoms with Gasteiger partial charge in [0.1, 0.15) is 6.04 Å². The largest absolute Gasteiger partial charge is 0.417 e. The van der Waals surface area contributed by atoms with Crippen LogP contribution in [0.2, 0.25) is 0 Å². The van der Waals surface area contributed by atoms with E-state index in [1.165, 1.54) is 5.01 Å². The minimum atomic E-state index is -0.810. The maximum atomic E-state index is 11.7. The summed E-state index contributed by atoms with van der Waals surface area (Å²) in [6.45, 7) is 0. The van der Waals surface area contributed by atoms with Crippen molar-refractivity contribution in [3.8, 4) is 0 Å². The molecule has 0 radical (unpaired) electrons. The van der Waals surface area contributed by atoms with Crippen LogP contribution in [0, 0.1) is 0 Å². The van der Waals surface area contributed by atoms with Crippen LogP contribution in [0.3, 0.4) is 0 Å². The normalized spacial score (nSPS) is 12.9. The van der Waals surface area contributed by atoms with Crippen LogP contribution < -0.4 is 16.9 Å². The molecule has 2 aromatic rings. The van der Waals surface area contributed by atoms with Crippen molar-refractivity contribution in [1.82, 2.24) is 15.4 Å². The lowest BCUT2D eigenvalue weighted by atomic mass is 10.1. The number of hydrazine groups is 1. The first-order valence-corrected chi connectivity index (χ1v) is 5.33. The summed E-state index contributed by atoms with van der Waals surface area (Å²) in [6, 6.07) is 4.07. The van der Waals surface area contributed by atoms with E-state index >= 15 is 0 Å². The van der Waals surface area contributed by atoms with Gasteiger partial charge in [-0.05, 0) is 17.7 Å². The Labute approximate surface area is 103 Å². The minimum absolute atomic E-state index is 0.329.